The first-order valence-corrected chi connectivity index (χ1v) is 7.95. The van der Waals surface area contributed by atoms with E-state index in [-0.39, 0.29) is 5.91 Å². The zero-order valence-electron chi connectivity index (χ0n) is 12.1. The summed E-state index contributed by atoms with van der Waals surface area (Å²) in [6, 6.07) is 9.73. The number of H-pyrrole nitrogens is 1. The molecule has 0 fully saturated rings. The second kappa shape index (κ2) is 6.65. The number of aryl methyl sites for hydroxylation is 1. The fourth-order valence-corrected chi connectivity index (χ4v) is 2.80. The topological polar surface area (TPSA) is 83.8 Å². The molecule has 0 saturated heterocycles. The molecule has 2 N–H and O–H groups in total. The molecule has 22 heavy (non-hydrogen) atoms. The Hall–Kier alpha value is -2.28. The second-order valence-electron chi connectivity index (χ2n) is 4.83. The van der Waals surface area contributed by atoms with Gasteiger partial charge in [0.05, 0.1) is 6.54 Å². The van der Waals surface area contributed by atoms with Crippen LogP contribution in [0.2, 0.25) is 0 Å². The Kier molecular flexibility index (Phi) is 4.43. The maximum Gasteiger partial charge on any atom is 0.221 e. The number of carbonyl (C=O) groups is 1. The predicted molar refractivity (Wildman–Crippen MR) is 84.5 cm³/mol. The van der Waals surface area contributed by atoms with Gasteiger partial charge >= 0.3 is 0 Å². The molecule has 3 rings (SSSR count). The third-order valence-corrected chi connectivity index (χ3v) is 3.92. The number of thioether (sulfide) groups is 1. The fraction of sp³-hybridized carbons (Fsp3) is 0.267. The number of nitrogens with zero attached hydrogens (tertiary/aromatic N) is 2. The lowest BCUT2D eigenvalue weighted by molar-refractivity contribution is -0.120. The molecule has 2 aromatic heterocycles. The summed E-state index contributed by atoms with van der Waals surface area (Å²) in [7, 11) is 0. The van der Waals surface area contributed by atoms with E-state index in [1.807, 2.05) is 37.3 Å². The van der Waals surface area contributed by atoms with Gasteiger partial charge in [0.15, 0.2) is 0 Å². The van der Waals surface area contributed by atoms with Crippen molar-refractivity contribution >= 4 is 28.6 Å². The number of carbonyl (C=O) groups excluding carboxylic acids is 1. The van der Waals surface area contributed by atoms with Crippen LogP contribution in [0, 0.1) is 6.92 Å². The summed E-state index contributed by atoms with van der Waals surface area (Å²) >= 11 is 1.46. The van der Waals surface area contributed by atoms with Crippen LogP contribution in [0.5, 0.6) is 0 Å². The van der Waals surface area contributed by atoms with Gasteiger partial charge in [0.2, 0.25) is 11.1 Å². The first kappa shape index (κ1) is 14.6. The number of para-hydroxylation sites is 1. The number of hydrogen-bond donors (Lipinski definition) is 2. The van der Waals surface area contributed by atoms with Crippen LogP contribution in [0.1, 0.15) is 18.0 Å². The summed E-state index contributed by atoms with van der Waals surface area (Å²) in [5, 5.41) is 11.4. The predicted octanol–water partition coefficient (Wildman–Crippen LogP) is 2.66. The largest absolute Gasteiger partial charge is 0.459 e. The molecule has 0 bridgehead atoms. The Bertz CT molecular complexity index is 748. The van der Waals surface area contributed by atoms with Crippen LogP contribution in [0.4, 0.5) is 0 Å². The summed E-state index contributed by atoms with van der Waals surface area (Å²) in [4.78, 5) is 16.0. The monoisotopic (exact) mass is 316 g/mol. The molecule has 0 aliphatic rings. The highest BCUT2D eigenvalue weighted by molar-refractivity contribution is 7.99. The minimum absolute atomic E-state index is 0.0137. The maximum atomic E-state index is 11.8. The number of amides is 1. The van der Waals surface area contributed by atoms with Crippen LogP contribution in [-0.4, -0.2) is 26.8 Å². The van der Waals surface area contributed by atoms with Gasteiger partial charge in [0, 0.05) is 17.6 Å². The molecular formula is C15H16N4O2S. The van der Waals surface area contributed by atoms with Gasteiger partial charge in [-0.15, -0.1) is 5.10 Å². The highest BCUT2D eigenvalue weighted by Gasteiger charge is 2.07. The van der Waals surface area contributed by atoms with Crippen molar-refractivity contribution < 1.29 is 9.21 Å². The number of benzene rings is 1. The van der Waals surface area contributed by atoms with E-state index in [9.17, 15) is 4.79 Å². The van der Waals surface area contributed by atoms with Crippen LogP contribution in [0.15, 0.2) is 39.9 Å². The molecule has 2 heterocycles. The molecular weight excluding hydrogens is 300 g/mol. The van der Waals surface area contributed by atoms with Gasteiger partial charge in [0.1, 0.15) is 17.2 Å². The van der Waals surface area contributed by atoms with Gasteiger partial charge in [-0.3, -0.25) is 9.89 Å². The Labute approximate surface area is 131 Å². The molecule has 114 valence electrons. The lowest BCUT2D eigenvalue weighted by atomic mass is 10.2. The first-order chi connectivity index (χ1) is 10.7. The van der Waals surface area contributed by atoms with Gasteiger partial charge in [-0.1, -0.05) is 30.0 Å². The molecule has 0 spiro atoms. The maximum absolute atomic E-state index is 11.8. The van der Waals surface area contributed by atoms with E-state index < -0.39 is 0 Å². The van der Waals surface area contributed by atoms with Crippen molar-refractivity contribution in [1.82, 2.24) is 20.5 Å². The number of fused-ring (bicyclic) bond motifs is 1. The van der Waals surface area contributed by atoms with E-state index in [4.69, 9.17) is 4.42 Å². The summed E-state index contributed by atoms with van der Waals surface area (Å²) < 4.78 is 5.65. The lowest BCUT2D eigenvalue weighted by Crippen LogP contribution is -2.22. The van der Waals surface area contributed by atoms with Gasteiger partial charge in [-0.2, -0.15) is 0 Å². The van der Waals surface area contributed by atoms with Crippen LogP contribution in [0.25, 0.3) is 11.0 Å². The van der Waals surface area contributed by atoms with Crippen molar-refractivity contribution in [2.75, 3.05) is 5.75 Å². The fourth-order valence-electron chi connectivity index (χ4n) is 2.02. The molecule has 1 aromatic carbocycles. The van der Waals surface area contributed by atoms with Crippen molar-refractivity contribution in [1.29, 1.82) is 0 Å². The van der Waals surface area contributed by atoms with E-state index in [2.05, 4.69) is 20.5 Å². The van der Waals surface area contributed by atoms with Crippen molar-refractivity contribution in [2.24, 2.45) is 0 Å². The molecule has 0 saturated carbocycles. The molecule has 0 aliphatic carbocycles. The zero-order chi connectivity index (χ0) is 15.4. The number of hydrogen-bond acceptors (Lipinski definition) is 5. The summed E-state index contributed by atoms with van der Waals surface area (Å²) in [5.74, 6) is 2.16. The van der Waals surface area contributed by atoms with Crippen LogP contribution >= 0.6 is 11.8 Å². The smallest absolute Gasteiger partial charge is 0.221 e. The van der Waals surface area contributed by atoms with Crippen molar-refractivity contribution in [3.8, 4) is 0 Å². The number of aromatic nitrogens is 3. The Morgan fingerprint density at radius 3 is 3.05 bits per heavy atom. The highest BCUT2D eigenvalue weighted by atomic mass is 32.2. The molecule has 0 aliphatic heterocycles. The summed E-state index contributed by atoms with van der Waals surface area (Å²) in [5.41, 5.74) is 0.835. The number of furan rings is 1. The van der Waals surface area contributed by atoms with Crippen molar-refractivity contribution in [3.63, 3.8) is 0 Å². The van der Waals surface area contributed by atoms with Crippen LogP contribution < -0.4 is 5.32 Å². The average molecular weight is 316 g/mol. The van der Waals surface area contributed by atoms with E-state index in [1.54, 1.807) is 0 Å². The van der Waals surface area contributed by atoms with Gasteiger partial charge in [-0.25, -0.2) is 4.98 Å². The molecule has 3 aromatic rings. The van der Waals surface area contributed by atoms with Crippen molar-refractivity contribution in [3.05, 3.63) is 41.9 Å². The molecule has 6 nitrogen and oxygen atoms in total. The highest BCUT2D eigenvalue weighted by Crippen LogP contribution is 2.18. The van der Waals surface area contributed by atoms with Gasteiger partial charge < -0.3 is 9.73 Å². The molecule has 0 unspecified atom stereocenters. The van der Waals surface area contributed by atoms with Gasteiger partial charge in [-0.05, 0) is 19.1 Å². The molecule has 0 atom stereocenters. The zero-order valence-corrected chi connectivity index (χ0v) is 12.9. The average Bonchev–Trinajstić information content (AvgIpc) is 3.11. The van der Waals surface area contributed by atoms with E-state index >= 15 is 0 Å². The lowest BCUT2D eigenvalue weighted by Gasteiger charge is -2.01. The molecule has 0 radical (unpaired) electrons. The summed E-state index contributed by atoms with van der Waals surface area (Å²) in [6.45, 7) is 2.25. The summed E-state index contributed by atoms with van der Waals surface area (Å²) in [6.07, 6.45) is 0.415. The van der Waals surface area contributed by atoms with E-state index in [1.165, 1.54) is 11.8 Å². The van der Waals surface area contributed by atoms with Crippen LogP contribution in [-0.2, 0) is 11.3 Å². The number of nitrogens with one attached hydrogen (secondary N) is 2. The Balaban J connectivity index is 1.43. The molecule has 1 amide bonds. The minimum atomic E-state index is -0.0137. The van der Waals surface area contributed by atoms with Gasteiger partial charge in [0.25, 0.3) is 0 Å². The second-order valence-corrected chi connectivity index (χ2v) is 5.89. The van der Waals surface area contributed by atoms with E-state index in [0.29, 0.717) is 23.9 Å². The Morgan fingerprint density at radius 2 is 2.27 bits per heavy atom. The van der Waals surface area contributed by atoms with Crippen LogP contribution in [0.3, 0.4) is 0 Å². The van der Waals surface area contributed by atoms with E-state index in [0.717, 1.165) is 22.6 Å². The third-order valence-electron chi connectivity index (χ3n) is 3.07. The standard InChI is InChI=1S/C15H16N4O2S/c1-10-17-15(19-18-10)22-7-6-14(20)16-9-12-8-11-4-2-3-5-13(11)21-12/h2-5,8H,6-7,9H2,1H3,(H,16,20)(H,17,18,19). The third kappa shape index (κ3) is 3.67. The minimum Gasteiger partial charge on any atom is -0.459 e. The quantitative estimate of drug-likeness (QED) is 0.683. The molecule has 7 heteroatoms. The normalized spacial score (nSPS) is 11.0. The SMILES string of the molecule is Cc1nc(SCCC(=O)NCc2cc3ccccc3o2)n[nH]1. The first-order valence-electron chi connectivity index (χ1n) is 6.96. The van der Waals surface area contributed by atoms with Crippen molar-refractivity contribution in [2.45, 2.75) is 25.0 Å². The number of aromatic amines is 1. The Morgan fingerprint density at radius 1 is 1.41 bits per heavy atom. The number of rotatable bonds is 6.